The van der Waals surface area contributed by atoms with E-state index in [0.717, 1.165) is 0 Å². The van der Waals surface area contributed by atoms with Crippen LogP contribution in [0.2, 0.25) is 0 Å². The number of fused-ring (bicyclic) bond motifs is 1. The monoisotopic (exact) mass is 260 g/mol. The van der Waals surface area contributed by atoms with Crippen LogP contribution in [-0.4, -0.2) is 19.1 Å². The fourth-order valence-electron chi connectivity index (χ4n) is 1.68. The Morgan fingerprint density at radius 1 is 1.63 bits per heavy atom. The Morgan fingerprint density at radius 3 is 3.16 bits per heavy atom. The molecule has 0 fully saturated rings. The number of carbonyl (C=O) groups is 1. The average molecular weight is 260 g/mol. The highest BCUT2D eigenvalue weighted by Crippen LogP contribution is 2.26. The van der Waals surface area contributed by atoms with Gasteiger partial charge >= 0.3 is 0 Å². The number of nitrogens with one attached hydrogen (secondary N) is 1. The van der Waals surface area contributed by atoms with E-state index in [-0.39, 0.29) is 30.8 Å². The first-order valence-corrected chi connectivity index (χ1v) is 5.91. The molecule has 0 aromatic heterocycles. The largest absolute Gasteiger partial charge is 0.488 e. The number of carbonyl (C=O) groups excluding carboxylic acids is 1. The van der Waals surface area contributed by atoms with Gasteiger partial charge in [-0.1, -0.05) is 0 Å². The van der Waals surface area contributed by atoms with Crippen LogP contribution in [0.1, 0.15) is 12.5 Å². The van der Waals surface area contributed by atoms with Crippen LogP contribution in [0.3, 0.4) is 0 Å². The highest BCUT2D eigenvalue weighted by atomic mass is 19.1. The van der Waals surface area contributed by atoms with Crippen molar-refractivity contribution in [2.24, 2.45) is 5.92 Å². The molecule has 1 aliphatic rings. The van der Waals surface area contributed by atoms with Gasteiger partial charge in [0.25, 0.3) is 5.91 Å². The van der Waals surface area contributed by atoms with E-state index in [1.807, 2.05) is 6.07 Å². The summed E-state index contributed by atoms with van der Waals surface area (Å²) in [5.74, 6) is -0.363. The molecule has 1 amide bonds. The molecule has 19 heavy (non-hydrogen) atoms. The van der Waals surface area contributed by atoms with E-state index in [0.29, 0.717) is 16.9 Å². The van der Waals surface area contributed by atoms with Crippen molar-refractivity contribution in [2.45, 2.75) is 6.92 Å². The third kappa shape index (κ3) is 3.10. The standard InChI is InChI=1S/C14H13FN2O2/c1-9(6-16)7-17-14(18)11-4-10-5-12(15)2-3-13(10)19-8-11/h2-5,9H,7-8H2,1H3,(H,17,18)/t9-/m1/s1. The minimum Gasteiger partial charge on any atom is -0.488 e. The fraction of sp³-hybridized carbons (Fsp3) is 0.286. The Hall–Kier alpha value is -2.35. The molecule has 0 saturated heterocycles. The molecule has 1 aromatic rings. The van der Waals surface area contributed by atoms with Gasteiger partial charge in [-0.3, -0.25) is 4.79 Å². The van der Waals surface area contributed by atoms with Crippen LogP contribution in [0, 0.1) is 23.1 Å². The highest BCUT2D eigenvalue weighted by Gasteiger charge is 2.17. The molecule has 0 radical (unpaired) electrons. The van der Waals surface area contributed by atoms with Gasteiger partial charge in [-0.25, -0.2) is 4.39 Å². The molecule has 0 unspecified atom stereocenters. The molecule has 0 spiro atoms. The predicted molar refractivity (Wildman–Crippen MR) is 67.7 cm³/mol. The van der Waals surface area contributed by atoms with Crippen LogP contribution in [0.4, 0.5) is 4.39 Å². The summed E-state index contributed by atoms with van der Waals surface area (Å²) >= 11 is 0. The third-order valence-electron chi connectivity index (χ3n) is 2.77. The van der Waals surface area contributed by atoms with Crippen molar-refractivity contribution in [1.82, 2.24) is 5.32 Å². The Morgan fingerprint density at radius 2 is 2.42 bits per heavy atom. The summed E-state index contributed by atoms with van der Waals surface area (Å²) in [6.07, 6.45) is 1.61. The Kier molecular flexibility index (Phi) is 3.81. The van der Waals surface area contributed by atoms with Gasteiger partial charge in [-0.15, -0.1) is 0 Å². The predicted octanol–water partition coefficient (Wildman–Crippen LogP) is 1.88. The fourth-order valence-corrected chi connectivity index (χ4v) is 1.68. The van der Waals surface area contributed by atoms with E-state index < -0.39 is 0 Å². The number of nitriles is 1. The number of hydrogen-bond donors (Lipinski definition) is 1. The number of rotatable bonds is 3. The number of benzene rings is 1. The van der Waals surface area contributed by atoms with Crippen LogP contribution in [-0.2, 0) is 4.79 Å². The van der Waals surface area contributed by atoms with E-state index in [1.165, 1.54) is 18.2 Å². The van der Waals surface area contributed by atoms with E-state index in [2.05, 4.69) is 5.32 Å². The number of hydrogen-bond acceptors (Lipinski definition) is 3. The molecule has 98 valence electrons. The number of nitrogens with zero attached hydrogens (tertiary/aromatic N) is 1. The van der Waals surface area contributed by atoms with Gasteiger partial charge in [0.2, 0.25) is 0 Å². The van der Waals surface area contributed by atoms with Crippen LogP contribution >= 0.6 is 0 Å². The molecular formula is C14H13FN2O2. The summed E-state index contributed by atoms with van der Waals surface area (Å²) in [6, 6.07) is 6.20. The molecule has 4 nitrogen and oxygen atoms in total. The minimum absolute atomic E-state index is 0.144. The highest BCUT2D eigenvalue weighted by molar-refractivity contribution is 5.99. The average Bonchev–Trinajstić information content (AvgIpc) is 2.43. The van der Waals surface area contributed by atoms with Crippen molar-refractivity contribution in [1.29, 1.82) is 5.26 Å². The van der Waals surface area contributed by atoms with Gasteiger partial charge < -0.3 is 10.1 Å². The summed E-state index contributed by atoms with van der Waals surface area (Å²) < 4.78 is 18.5. The summed E-state index contributed by atoms with van der Waals surface area (Å²) in [7, 11) is 0. The lowest BCUT2D eigenvalue weighted by molar-refractivity contribution is -0.117. The molecule has 5 heteroatoms. The molecular weight excluding hydrogens is 247 g/mol. The lowest BCUT2D eigenvalue weighted by Crippen LogP contribution is -2.31. The summed E-state index contributed by atoms with van der Waals surface area (Å²) in [5.41, 5.74) is 0.966. The quantitative estimate of drug-likeness (QED) is 0.902. The molecule has 0 aliphatic carbocycles. The van der Waals surface area contributed by atoms with Gasteiger partial charge in [0.1, 0.15) is 18.2 Å². The number of amides is 1. The first-order valence-electron chi connectivity index (χ1n) is 5.91. The maximum absolute atomic E-state index is 13.1. The first kappa shape index (κ1) is 13.1. The molecule has 0 bridgehead atoms. The van der Waals surface area contributed by atoms with Crippen molar-refractivity contribution in [2.75, 3.05) is 13.2 Å². The van der Waals surface area contributed by atoms with Gasteiger partial charge in [-0.05, 0) is 31.2 Å². The molecule has 1 heterocycles. The number of ether oxygens (including phenoxy) is 1. The lowest BCUT2D eigenvalue weighted by atomic mass is 10.1. The summed E-state index contributed by atoms with van der Waals surface area (Å²) in [6.45, 7) is 2.14. The zero-order valence-electron chi connectivity index (χ0n) is 10.4. The second-order valence-corrected chi connectivity index (χ2v) is 4.38. The van der Waals surface area contributed by atoms with Crippen molar-refractivity contribution in [3.05, 3.63) is 35.2 Å². The maximum atomic E-state index is 13.1. The van der Waals surface area contributed by atoms with Crippen LogP contribution in [0.15, 0.2) is 23.8 Å². The molecule has 1 atom stereocenters. The van der Waals surface area contributed by atoms with E-state index in [9.17, 15) is 9.18 Å². The van der Waals surface area contributed by atoms with Gasteiger partial charge in [0, 0.05) is 12.1 Å². The molecule has 1 aliphatic heterocycles. The molecule has 2 rings (SSSR count). The third-order valence-corrected chi connectivity index (χ3v) is 2.77. The van der Waals surface area contributed by atoms with Crippen molar-refractivity contribution in [3.8, 4) is 11.8 Å². The van der Waals surface area contributed by atoms with Gasteiger partial charge in [-0.2, -0.15) is 5.26 Å². The Balaban J connectivity index is 2.10. The summed E-state index contributed by atoms with van der Waals surface area (Å²) in [5, 5.41) is 11.3. The lowest BCUT2D eigenvalue weighted by Gasteiger charge is -2.17. The van der Waals surface area contributed by atoms with Crippen molar-refractivity contribution in [3.63, 3.8) is 0 Å². The second-order valence-electron chi connectivity index (χ2n) is 4.38. The van der Waals surface area contributed by atoms with Crippen LogP contribution in [0.5, 0.6) is 5.75 Å². The minimum atomic E-state index is -0.377. The maximum Gasteiger partial charge on any atom is 0.250 e. The smallest absolute Gasteiger partial charge is 0.250 e. The van der Waals surface area contributed by atoms with E-state index >= 15 is 0 Å². The topological polar surface area (TPSA) is 62.1 Å². The normalized spacial score (nSPS) is 14.5. The SMILES string of the molecule is C[C@H](C#N)CNC(=O)C1=Cc2cc(F)ccc2OC1. The van der Waals surface area contributed by atoms with E-state index in [1.54, 1.807) is 13.0 Å². The van der Waals surface area contributed by atoms with Crippen LogP contribution in [0.25, 0.3) is 6.08 Å². The Bertz CT molecular complexity index is 575. The second kappa shape index (κ2) is 5.53. The number of halogens is 1. The molecule has 1 aromatic carbocycles. The zero-order chi connectivity index (χ0) is 13.8. The van der Waals surface area contributed by atoms with Crippen molar-refractivity contribution >= 4 is 12.0 Å². The van der Waals surface area contributed by atoms with Gasteiger partial charge in [0.15, 0.2) is 0 Å². The summed E-state index contributed by atoms with van der Waals surface area (Å²) in [4.78, 5) is 11.9. The first-order chi connectivity index (χ1) is 9.10. The molecule has 1 N–H and O–H groups in total. The van der Waals surface area contributed by atoms with Crippen molar-refractivity contribution < 1.29 is 13.9 Å². The van der Waals surface area contributed by atoms with E-state index in [4.69, 9.17) is 10.00 Å². The Labute approximate surface area is 110 Å². The molecule has 0 saturated carbocycles. The van der Waals surface area contributed by atoms with Crippen LogP contribution < -0.4 is 10.1 Å². The van der Waals surface area contributed by atoms with Gasteiger partial charge in [0.05, 0.1) is 17.6 Å². The zero-order valence-corrected chi connectivity index (χ0v) is 10.4.